The second-order valence-corrected chi connectivity index (χ2v) is 22.3. The van der Waals surface area contributed by atoms with Gasteiger partial charge in [0.15, 0.2) is 6.10 Å². The molecule has 0 radical (unpaired) electrons. The molecule has 0 saturated carbocycles. The van der Waals surface area contributed by atoms with E-state index >= 15 is 0 Å². The van der Waals surface area contributed by atoms with Crippen LogP contribution in [0.2, 0.25) is 0 Å². The van der Waals surface area contributed by atoms with E-state index in [1.807, 2.05) is 0 Å². The number of aliphatic hydroxyl groups excluding tert-OH is 1. The van der Waals surface area contributed by atoms with E-state index in [0.717, 1.165) is 109 Å². The first-order valence-electron chi connectivity index (χ1n) is 31.5. The molecule has 0 heterocycles. The van der Waals surface area contributed by atoms with Crippen molar-refractivity contribution in [3.05, 3.63) is 85.1 Å². The quantitative estimate of drug-likeness (QED) is 0.0197. The Morgan fingerprint density at radius 3 is 1.08 bits per heavy atom. The summed E-state index contributed by atoms with van der Waals surface area (Å²) >= 11 is 0. The molecule has 0 bridgehead atoms. The molecule has 0 saturated heterocycles. The molecule has 0 aromatic carbocycles. The second-order valence-electron chi connectivity index (χ2n) is 20.8. The molecule has 0 aliphatic heterocycles. The number of hydrogen-bond acceptors (Lipinski definition) is 10. The second kappa shape index (κ2) is 59.8. The van der Waals surface area contributed by atoms with Crippen LogP contribution in [0.1, 0.15) is 278 Å². The van der Waals surface area contributed by atoms with E-state index in [4.69, 9.17) is 23.3 Å². The number of phosphoric ester groups is 1. The van der Waals surface area contributed by atoms with Crippen molar-refractivity contribution in [3.8, 4) is 0 Å². The highest BCUT2D eigenvalue weighted by Crippen LogP contribution is 2.43. The summed E-state index contributed by atoms with van der Waals surface area (Å²) in [5, 5.41) is 9.83. The number of allylic oxidation sites excluding steroid dienone is 14. The minimum absolute atomic E-state index is 0.122. The maximum absolute atomic E-state index is 12.9. The summed E-state index contributed by atoms with van der Waals surface area (Å²) < 4.78 is 39.6. The minimum Gasteiger partial charge on any atom is -0.462 e. The number of hydrogen-bond donors (Lipinski definition) is 2. The van der Waals surface area contributed by atoms with Crippen LogP contribution in [-0.2, 0) is 42.2 Å². The molecule has 0 spiro atoms. The van der Waals surface area contributed by atoms with Crippen molar-refractivity contribution >= 4 is 25.7 Å². The average molecular weight is 1120 g/mol. The van der Waals surface area contributed by atoms with E-state index in [1.165, 1.54) is 109 Å². The Kier molecular flexibility index (Phi) is 57.2. The molecule has 3 unspecified atom stereocenters. The summed E-state index contributed by atoms with van der Waals surface area (Å²) in [5.41, 5.74) is 0. The molecular weight excluding hydrogens is 1000 g/mol. The zero-order valence-electron chi connectivity index (χ0n) is 49.9. The predicted molar refractivity (Wildman–Crippen MR) is 325 cm³/mol. The van der Waals surface area contributed by atoms with E-state index in [1.54, 1.807) is 0 Å². The number of carbonyl (C=O) groups excluding carboxylic acids is 3. The van der Waals surface area contributed by atoms with Crippen molar-refractivity contribution in [2.45, 2.75) is 290 Å². The number of esters is 3. The molecule has 0 aromatic heterocycles. The molecule has 0 rings (SSSR count). The van der Waals surface area contributed by atoms with Gasteiger partial charge in [-0.3, -0.25) is 23.4 Å². The standard InChI is InChI=1S/C66H115O11P/c1-4-7-10-13-16-19-22-25-28-30-31-33-36-39-42-45-48-51-54-57-66(70)77-63(59-73-64(68)55-52-49-46-43-40-37-35-32-29-26-23-20-17-14-11-8-5-2)61-75-78(71,72)74-60-62(58-67)76-65(69)56-53-50-47-44-41-38-34-27-24-21-18-15-12-9-6-3/h9,12,16,18-19,21,25,27-28,31,33-34,41,44,62-63,67H,4-8,10-11,13-15,17,20,22-24,26,29-30,32,35-40,42-43,45-61H2,1-3H3,(H,71,72)/b12-9-,19-16-,21-18-,28-25-,33-31-,34-27-,44-41-. The molecule has 3 atom stereocenters. The monoisotopic (exact) mass is 1110 g/mol. The lowest BCUT2D eigenvalue weighted by Crippen LogP contribution is -2.30. The Hall–Kier alpha value is -3.34. The molecule has 0 aliphatic carbocycles. The van der Waals surface area contributed by atoms with Gasteiger partial charge in [0.05, 0.1) is 19.8 Å². The molecule has 11 nitrogen and oxygen atoms in total. The summed E-state index contributed by atoms with van der Waals surface area (Å²) in [5.74, 6) is -1.51. The first kappa shape index (κ1) is 74.7. The third-order valence-corrected chi connectivity index (χ3v) is 14.3. The van der Waals surface area contributed by atoms with Gasteiger partial charge in [0.1, 0.15) is 12.7 Å². The average Bonchev–Trinajstić information content (AvgIpc) is 3.43. The maximum atomic E-state index is 12.9. The fraction of sp³-hybridized carbons (Fsp3) is 0.742. The van der Waals surface area contributed by atoms with Crippen LogP contribution in [0.4, 0.5) is 0 Å². The zero-order valence-corrected chi connectivity index (χ0v) is 50.8. The van der Waals surface area contributed by atoms with E-state index < -0.39 is 57.8 Å². The van der Waals surface area contributed by atoms with E-state index in [-0.39, 0.29) is 25.9 Å². The highest BCUT2D eigenvalue weighted by molar-refractivity contribution is 7.47. The molecular formula is C66H115O11P. The number of rotatable bonds is 58. The number of ether oxygens (including phenoxy) is 3. The lowest BCUT2D eigenvalue weighted by Gasteiger charge is -2.21. The molecule has 12 heteroatoms. The number of unbranched alkanes of at least 4 members (excludes halogenated alkanes) is 27. The van der Waals surface area contributed by atoms with Gasteiger partial charge in [-0.25, -0.2) is 4.57 Å². The van der Waals surface area contributed by atoms with Crippen LogP contribution >= 0.6 is 7.82 Å². The van der Waals surface area contributed by atoms with Crippen LogP contribution in [0.15, 0.2) is 85.1 Å². The maximum Gasteiger partial charge on any atom is 0.472 e. The van der Waals surface area contributed by atoms with Gasteiger partial charge in [0.2, 0.25) is 0 Å². The Balaban J connectivity index is 4.76. The number of aliphatic hydroxyl groups is 1. The highest BCUT2D eigenvalue weighted by Gasteiger charge is 2.28. The fourth-order valence-electron chi connectivity index (χ4n) is 8.53. The number of carbonyl (C=O) groups is 3. The van der Waals surface area contributed by atoms with Gasteiger partial charge in [-0.05, 0) is 96.3 Å². The summed E-state index contributed by atoms with van der Waals surface area (Å²) in [4.78, 5) is 48.7. The molecule has 0 aliphatic rings. The van der Waals surface area contributed by atoms with E-state index in [0.29, 0.717) is 19.3 Å². The molecule has 450 valence electrons. The van der Waals surface area contributed by atoms with Gasteiger partial charge in [0.25, 0.3) is 0 Å². The van der Waals surface area contributed by atoms with Crippen molar-refractivity contribution in [1.82, 2.24) is 0 Å². The van der Waals surface area contributed by atoms with Gasteiger partial charge >= 0.3 is 25.7 Å². The highest BCUT2D eigenvalue weighted by atomic mass is 31.2. The first-order valence-corrected chi connectivity index (χ1v) is 33.0. The van der Waals surface area contributed by atoms with E-state index in [9.17, 15) is 28.9 Å². The van der Waals surface area contributed by atoms with Gasteiger partial charge in [-0.2, -0.15) is 0 Å². The minimum atomic E-state index is -4.77. The molecule has 0 amide bonds. The molecule has 78 heavy (non-hydrogen) atoms. The normalized spacial score (nSPS) is 13.9. The summed E-state index contributed by atoms with van der Waals surface area (Å²) in [6, 6.07) is 0. The van der Waals surface area contributed by atoms with Crippen molar-refractivity contribution in [2.75, 3.05) is 26.4 Å². The van der Waals surface area contributed by atoms with Crippen molar-refractivity contribution in [1.29, 1.82) is 0 Å². The lowest BCUT2D eigenvalue weighted by molar-refractivity contribution is -0.161. The van der Waals surface area contributed by atoms with Gasteiger partial charge in [-0.15, -0.1) is 0 Å². The van der Waals surface area contributed by atoms with Crippen LogP contribution in [0.5, 0.6) is 0 Å². The van der Waals surface area contributed by atoms with Crippen molar-refractivity contribution in [2.24, 2.45) is 0 Å². The first-order chi connectivity index (χ1) is 38.2. The molecule has 0 fully saturated rings. The van der Waals surface area contributed by atoms with Crippen molar-refractivity contribution < 1.29 is 52.2 Å². The lowest BCUT2D eigenvalue weighted by atomic mass is 10.0. The zero-order chi connectivity index (χ0) is 56.9. The molecule has 0 aromatic rings. The number of phosphoric acid groups is 1. The predicted octanol–water partition coefficient (Wildman–Crippen LogP) is 19.0. The van der Waals surface area contributed by atoms with Crippen LogP contribution in [0.3, 0.4) is 0 Å². The Morgan fingerprint density at radius 1 is 0.372 bits per heavy atom. The van der Waals surface area contributed by atoms with Crippen molar-refractivity contribution in [3.63, 3.8) is 0 Å². The third kappa shape index (κ3) is 57.3. The Labute approximate surface area is 477 Å². The third-order valence-electron chi connectivity index (χ3n) is 13.3. The largest absolute Gasteiger partial charge is 0.472 e. The smallest absolute Gasteiger partial charge is 0.462 e. The van der Waals surface area contributed by atoms with Crippen LogP contribution in [-0.4, -0.2) is 66.5 Å². The Bertz CT molecular complexity index is 1630. The summed E-state index contributed by atoms with van der Waals surface area (Å²) in [6.45, 7) is 4.48. The Morgan fingerprint density at radius 2 is 0.667 bits per heavy atom. The van der Waals surface area contributed by atoms with Gasteiger partial charge < -0.3 is 24.2 Å². The van der Waals surface area contributed by atoms with E-state index in [2.05, 4.69) is 106 Å². The fourth-order valence-corrected chi connectivity index (χ4v) is 9.32. The topological polar surface area (TPSA) is 155 Å². The summed E-state index contributed by atoms with van der Waals surface area (Å²) in [7, 11) is -4.77. The summed E-state index contributed by atoms with van der Waals surface area (Å²) in [6.07, 6.45) is 69.6. The van der Waals surface area contributed by atoms with Gasteiger partial charge in [0, 0.05) is 19.3 Å². The van der Waals surface area contributed by atoms with Crippen LogP contribution in [0.25, 0.3) is 0 Å². The molecule has 2 N–H and O–H groups in total. The van der Waals surface area contributed by atoms with Gasteiger partial charge in [-0.1, -0.05) is 247 Å². The van der Waals surface area contributed by atoms with Crippen LogP contribution in [0, 0.1) is 0 Å². The van der Waals surface area contributed by atoms with Crippen LogP contribution < -0.4 is 0 Å². The SMILES string of the molecule is CC/C=C\C/C=C\C/C=C\C/C=C\CCCCC(=O)OC(CO)COP(=O)(O)OCC(COC(=O)CCCCCCCCCCCCCCCCCCC)OC(=O)CCCCCCCC/C=C\C/C=C\C/C=C\CCCCC.